The first-order valence-corrected chi connectivity index (χ1v) is 9.50. The van der Waals surface area contributed by atoms with E-state index >= 15 is 0 Å². The van der Waals surface area contributed by atoms with E-state index in [1.807, 2.05) is 6.92 Å². The molecule has 0 aromatic heterocycles. The van der Waals surface area contributed by atoms with Gasteiger partial charge >= 0.3 is 0 Å². The molecule has 0 aliphatic carbocycles. The van der Waals surface area contributed by atoms with E-state index < -0.39 is 9.84 Å². The van der Waals surface area contributed by atoms with Crippen LogP contribution in [0, 0.1) is 0 Å². The van der Waals surface area contributed by atoms with Crippen molar-refractivity contribution in [3.05, 3.63) is 22.2 Å². The number of hydrogen-bond acceptors (Lipinski definition) is 5. The number of ether oxygens (including phenoxy) is 2. The summed E-state index contributed by atoms with van der Waals surface area (Å²) in [5, 5.41) is 3.27. The van der Waals surface area contributed by atoms with Crippen LogP contribution in [-0.4, -0.2) is 41.2 Å². The third kappa shape index (κ3) is 5.48. The van der Waals surface area contributed by atoms with E-state index in [9.17, 15) is 8.42 Å². The van der Waals surface area contributed by atoms with Crippen molar-refractivity contribution < 1.29 is 17.9 Å². The van der Waals surface area contributed by atoms with E-state index in [1.165, 1.54) is 6.26 Å². The smallest absolute Gasteiger partial charge is 0.161 e. The minimum absolute atomic E-state index is 0.0289. The fourth-order valence-corrected chi connectivity index (χ4v) is 3.52. The van der Waals surface area contributed by atoms with Gasteiger partial charge in [0.25, 0.3) is 0 Å². The van der Waals surface area contributed by atoms with Gasteiger partial charge in [-0.3, -0.25) is 0 Å². The first-order chi connectivity index (χ1) is 9.82. The van der Waals surface area contributed by atoms with Crippen LogP contribution in [0.1, 0.15) is 24.9 Å². The van der Waals surface area contributed by atoms with Gasteiger partial charge in [-0.05, 0) is 30.7 Å². The van der Waals surface area contributed by atoms with Crippen LogP contribution < -0.4 is 14.8 Å². The van der Waals surface area contributed by atoms with E-state index in [0.717, 1.165) is 23.0 Å². The summed E-state index contributed by atoms with van der Waals surface area (Å²) in [5.41, 5.74) is 0.839. The fourth-order valence-electron chi connectivity index (χ4n) is 2.02. The molecule has 1 rings (SSSR count). The summed E-state index contributed by atoms with van der Waals surface area (Å²) < 4.78 is 34.6. The molecule has 0 heterocycles. The Hall–Kier alpha value is -0.790. The summed E-state index contributed by atoms with van der Waals surface area (Å²) in [7, 11) is 0.00959. The van der Waals surface area contributed by atoms with Crippen molar-refractivity contribution in [3.8, 4) is 11.5 Å². The minimum Gasteiger partial charge on any atom is -0.493 e. The molecule has 1 aromatic carbocycles. The zero-order valence-corrected chi connectivity index (χ0v) is 15.2. The fraction of sp³-hybridized carbons (Fsp3) is 0.571. The Morgan fingerprint density at radius 3 is 2.29 bits per heavy atom. The molecule has 0 spiro atoms. The van der Waals surface area contributed by atoms with Gasteiger partial charge in [0.15, 0.2) is 11.5 Å². The maximum absolute atomic E-state index is 11.7. The van der Waals surface area contributed by atoms with E-state index in [4.69, 9.17) is 9.47 Å². The van der Waals surface area contributed by atoms with Gasteiger partial charge in [0, 0.05) is 16.8 Å². The van der Waals surface area contributed by atoms with Crippen molar-refractivity contribution >= 4 is 25.8 Å². The second kappa shape index (κ2) is 8.00. The number of sulfone groups is 1. The van der Waals surface area contributed by atoms with Gasteiger partial charge < -0.3 is 14.8 Å². The van der Waals surface area contributed by atoms with Crippen LogP contribution in [0.4, 0.5) is 0 Å². The Kier molecular flexibility index (Phi) is 6.96. The van der Waals surface area contributed by atoms with Crippen molar-refractivity contribution in [1.82, 2.24) is 5.32 Å². The quantitative estimate of drug-likeness (QED) is 0.751. The molecule has 0 saturated carbocycles. The Morgan fingerprint density at radius 2 is 1.81 bits per heavy atom. The second-order valence-corrected chi connectivity index (χ2v) is 7.87. The van der Waals surface area contributed by atoms with Gasteiger partial charge in [-0.25, -0.2) is 8.42 Å². The molecule has 0 saturated heterocycles. The molecule has 0 fully saturated rings. The average molecular weight is 380 g/mol. The maximum Gasteiger partial charge on any atom is 0.161 e. The van der Waals surface area contributed by atoms with E-state index in [2.05, 4.69) is 21.2 Å². The number of hydrogen-bond donors (Lipinski definition) is 1. The molecule has 1 N–H and O–H groups in total. The first kappa shape index (κ1) is 18.3. The number of halogens is 1. The monoisotopic (exact) mass is 379 g/mol. The minimum atomic E-state index is -3.11. The SMILES string of the molecule is CCCNC(CS(C)(=O)=O)c1cc(OC)c(OC)cc1Br. The molecule has 1 atom stereocenters. The third-order valence-corrected chi connectivity index (χ3v) is 4.61. The van der Waals surface area contributed by atoms with E-state index in [0.29, 0.717) is 11.5 Å². The molecule has 0 bridgehead atoms. The topological polar surface area (TPSA) is 64.6 Å². The summed E-state index contributed by atoms with van der Waals surface area (Å²) in [6.07, 6.45) is 2.16. The van der Waals surface area contributed by atoms with Gasteiger partial charge in [0.2, 0.25) is 0 Å². The van der Waals surface area contributed by atoms with Crippen LogP contribution in [0.25, 0.3) is 0 Å². The summed E-state index contributed by atoms with van der Waals surface area (Å²) in [4.78, 5) is 0. The predicted molar refractivity (Wildman–Crippen MR) is 88.0 cm³/mol. The van der Waals surface area contributed by atoms with Crippen molar-refractivity contribution in [1.29, 1.82) is 0 Å². The highest BCUT2D eigenvalue weighted by molar-refractivity contribution is 9.10. The Labute approximate surface area is 135 Å². The Balaban J connectivity index is 3.22. The molecule has 1 aromatic rings. The molecule has 5 nitrogen and oxygen atoms in total. The Morgan fingerprint density at radius 1 is 1.24 bits per heavy atom. The predicted octanol–water partition coefficient (Wildman–Crippen LogP) is 2.55. The normalized spacial score (nSPS) is 13.0. The third-order valence-electron chi connectivity index (χ3n) is 2.99. The van der Waals surface area contributed by atoms with Crippen LogP contribution in [0.2, 0.25) is 0 Å². The number of nitrogens with one attached hydrogen (secondary N) is 1. The van der Waals surface area contributed by atoms with Crippen LogP contribution in [0.15, 0.2) is 16.6 Å². The lowest BCUT2D eigenvalue weighted by molar-refractivity contribution is 0.353. The van der Waals surface area contributed by atoms with Crippen LogP contribution in [-0.2, 0) is 9.84 Å². The molecule has 1 unspecified atom stereocenters. The number of benzene rings is 1. The van der Waals surface area contributed by atoms with Crippen LogP contribution >= 0.6 is 15.9 Å². The van der Waals surface area contributed by atoms with Crippen molar-refractivity contribution in [2.24, 2.45) is 0 Å². The van der Waals surface area contributed by atoms with Crippen molar-refractivity contribution in [2.75, 3.05) is 32.8 Å². The van der Waals surface area contributed by atoms with Crippen LogP contribution in [0.5, 0.6) is 11.5 Å². The van der Waals surface area contributed by atoms with E-state index in [1.54, 1.807) is 26.4 Å². The molecule has 21 heavy (non-hydrogen) atoms. The average Bonchev–Trinajstić information content (AvgIpc) is 2.42. The molecule has 0 amide bonds. The zero-order valence-electron chi connectivity index (χ0n) is 12.8. The molecular weight excluding hydrogens is 358 g/mol. The van der Waals surface area contributed by atoms with Crippen LogP contribution in [0.3, 0.4) is 0 Å². The molecule has 120 valence electrons. The van der Waals surface area contributed by atoms with Crippen molar-refractivity contribution in [3.63, 3.8) is 0 Å². The molecule has 0 radical (unpaired) electrons. The summed E-state index contributed by atoms with van der Waals surface area (Å²) in [6.45, 7) is 2.77. The second-order valence-electron chi connectivity index (χ2n) is 4.83. The number of rotatable bonds is 8. The highest BCUT2D eigenvalue weighted by atomic mass is 79.9. The maximum atomic E-state index is 11.7. The molecule has 0 aliphatic rings. The lowest BCUT2D eigenvalue weighted by Crippen LogP contribution is -2.28. The lowest BCUT2D eigenvalue weighted by Gasteiger charge is -2.21. The molecule has 7 heteroatoms. The highest BCUT2D eigenvalue weighted by Gasteiger charge is 2.21. The summed E-state index contributed by atoms with van der Waals surface area (Å²) in [5.74, 6) is 1.20. The molecule has 0 aliphatic heterocycles. The van der Waals surface area contributed by atoms with Gasteiger partial charge in [0.05, 0.1) is 20.0 Å². The van der Waals surface area contributed by atoms with Gasteiger partial charge in [0.1, 0.15) is 9.84 Å². The highest BCUT2D eigenvalue weighted by Crippen LogP contribution is 2.36. The summed E-state index contributed by atoms with van der Waals surface area (Å²) in [6, 6.07) is 3.30. The van der Waals surface area contributed by atoms with E-state index in [-0.39, 0.29) is 11.8 Å². The zero-order chi connectivity index (χ0) is 16.0. The van der Waals surface area contributed by atoms with Gasteiger partial charge in [-0.1, -0.05) is 22.9 Å². The largest absolute Gasteiger partial charge is 0.493 e. The molecular formula is C14H22BrNO4S. The standard InChI is InChI=1S/C14H22BrNO4S/c1-5-6-16-12(9-21(4,17)18)10-7-13(19-2)14(20-3)8-11(10)15/h7-8,12,16H,5-6,9H2,1-4H3. The Bertz CT molecular complexity index is 575. The lowest BCUT2D eigenvalue weighted by atomic mass is 10.1. The van der Waals surface area contributed by atoms with Crippen molar-refractivity contribution in [2.45, 2.75) is 19.4 Å². The van der Waals surface area contributed by atoms with Gasteiger partial charge in [-0.15, -0.1) is 0 Å². The first-order valence-electron chi connectivity index (χ1n) is 6.64. The number of methoxy groups -OCH3 is 2. The summed E-state index contributed by atoms with van der Waals surface area (Å²) >= 11 is 3.48. The van der Waals surface area contributed by atoms with Gasteiger partial charge in [-0.2, -0.15) is 0 Å².